The van der Waals surface area contributed by atoms with Crippen molar-refractivity contribution in [2.45, 2.75) is 20.3 Å². The van der Waals surface area contributed by atoms with Gasteiger partial charge in [0.15, 0.2) is 5.76 Å². The molecule has 1 heterocycles. The minimum absolute atomic E-state index is 0.904. The van der Waals surface area contributed by atoms with Crippen molar-refractivity contribution in [3.05, 3.63) is 41.6 Å². The van der Waals surface area contributed by atoms with Crippen molar-refractivity contribution in [2.24, 2.45) is 0 Å². The molecule has 1 aromatic carbocycles. The van der Waals surface area contributed by atoms with Gasteiger partial charge in [-0.05, 0) is 26.4 Å². The molecule has 1 aromatic heterocycles. The maximum Gasteiger partial charge on any atom is 0.170 e. The lowest BCUT2D eigenvalue weighted by Gasteiger charge is -2.03. The molecule has 1 N–H and O–H groups in total. The van der Waals surface area contributed by atoms with E-state index in [4.69, 9.17) is 4.52 Å². The van der Waals surface area contributed by atoms with Gasteiger partial charge in [-0.15, -0.1) is 0 Å². The van der Waals surface area contributed by atoms with E-state index in [2.05, 4.69) is 29.5 Å². The number of hydrogen-bond donors (Lipinski definition) is 1. The first-order chi connectivity index (χ1) is 8.33. The SMILES string of the molecule is CCNCCc1c(C)noc1-c1ccccc1. The van der Waals surface area contributed by atoms with Gasteiger partial charge in [0.2, 0.25) is 0 Å². The van der Waals surface area contributed by atoms with Crippen molar-refractivity contribution in [2.75, 3.05) is 13.1 Å². The van der Waals surface area contributed by atoms with Gasteiger partial charge in [-0.1, -0.05) is 42.4 Å². The number of benzene rings is 1. The molecule has 2 aromatic rings. The highest BCUT2D eigenvalue weighted by molar-refractivity contribution is 5.61. The van der Waals surface area contributed by atoms with Crippen LogP contribution in [0, 0.1) is 6.92 Å². The van der Waals surface area contributed by atoms with Gasteiger partial charge in [0.25, 0.3) is 0 Å². The van der Waals surface area contributed by atoms with E-state index in [1.54, 1.807) is 0 Å². The van der Waals surface area contributed by atoms with E-state index in [0.29, 0.717) is 0 Å². The van der Waals surface area contributed by atoms with E-state index in [0.717, 1.165) is 36.5 Å². The summed E-state index contributed by atoms with van der Waals surface area (Å²) >= 11 is 0. The number of nitrogens with zero attached hydrogens (tertiary/aromatic N) is 1. The summed E-state index contributed by atoms with van der Waals surface area (Å²) in [6.07, 6.45) is 0.952. The van der Waals surface area contributed by atoms with Gasteiger partial charge < -0.3 is 9.84 Å². The molecule has 0 unspecified atom stereocenters. The summed E-state index contributed by atoms with van der Waals surface area (Å²) in [6, 6.07) is 10.1. The normalized spacial score (nSPS) is 10.7. The lowest BCUT2D eigenvalue weighted by molar-refractivity contribution is 0.426. The number of likely N-dealkylation sites (N-methyl/N-ethyl adjacent to an activating group) is 1. The molecule has 0 aliphatic carbocycles. The van der Waals surface area contributed by atoms with Gasteiger partial charge in [0.05, 0.1) is 5.69 Å². The van der Waals surface area contributed by atoms with Crippen LogP contribution in [0.5, 0.6) is 0 Å². The fourth-order valence-corrected chi connectivity index (χ4v) is 1.89. The minimum Gasteiger partial charge on any atom is -0.356 e. The Bertz CT molecular complexity index is 462. The Balaban J connectivity index is 2.23. The van der Waals surface area contributed by atoms with Crippen molar-refractivity contribution in [1.82, 2.24) is 10.5 Å². The molecule has 0 saturated carbocycles. The molecule has 3 heteroatoms. The van der Waals surface area contributed by atoms with E-state index < -0.39 is 0 Å². The molecule has 0 spiro atoms. The van der Waals surface area contributed by atoms with Crippen LogP contribution in [0.3, 0.4) is 0 Å². The topological polar surface area (TPSA) is 38.1 Å². The maximum atomic E-state index is 5.43. The Morgan fingerprint density at radius 1 is 1.24 bits per heavy atom. The van der Waals surface area contributed by atoms with Gasteiger partial charge in [-0.2, -0.15) is 0 Å². The molecule has 0 aliphatic heterocycles. The number of rotatable bonds is 5. The summed E-state index contributed by atoms with van der Waals surface area (Å²) in [5.41, 5.74) is 3.29. The molecule has 0 fully saturated rings. The van der Waals surface area contributed by atoms with Crippen LogP contribution >= 0.6 is 0 Å². The number of aryl methyl sites for hydroxylation is 1. The fraction of sp³-hybridized carbons (Fsp3) is 0.357. The molecule has 0 bridgehead atoms. The monoisotopic (exact) mass is 230 g/mol. The zero-order chi connectivity index (χ0) is 12.1. The molecule has 2 rings (SSSR count). The largest absolute Gasteiger partial charge is 0.356 e. The van der Waals surface area contributed by atoms with Crippen LogP contribution in [-0.4, -0.2) is 18.2 Å². The van der Waals surface area contributed by atoms with E-state index in [9.17, 15) is 0 Å². The summed E-state index contributed by atoms with van der Waals surface area (Å²) in [6.45, 7) is 6.05. The first-order valence-electron chi connectivity index (χ1n) is 6.04. The third kappa shape index (κ3) is 2.74. The van der Waals surface area contributed by atoms with E-state index in [-0.39, 0.29) is 0 Å². The molecular formula is C14H18N2O. The molecule has 0 aliphatic rings. The average Bonchev–Trinajstić information content (AvgIpc) is 2.73. The summed E-state index contributed by atoms with van der Waals surface area (Å²) in [5.74, 6) is 0.904. The summed E-state index contributed by atoms with van der Waals surface area (Å²) in [5, 5.41) is 7.39. The molecular weight excluding hydrogens is 212 g/mol. The summed E-state index contributed by atoms with van der Waals surface area (Å²) in [7, 11) is 0. The number of nitrogens with one attached hydrogen (secondary N) is 1. The van der Waals surface area contributed by atoms with Crippen molar-refractivity contribution >= 4 is 0 Å². The summed E-state index contributed by atoms with van der Waals surface area (Å²) < 4.78 is 5.43. The lowest BCUT2D eigenvalue weighted by Crippen LogP contribution is -2.16. The molecule has 0 amide bonds. The summed E-state index contributed by atoms with van der Waals surface area (Å²) in [4.78, 5) is 0. The van der Waals surface area contributed by atoms with Crippen LogP contribution in [-0.2, 0) is 6.42 Å². The Kier molecular flexibility index (Phi) is 3.94. The lowest BCUT2D eigenvalue weighted by atomic mass is 10.0. The molecule has 0 atom stereocenters. The van der Waals surface area contributed by atoms with Gasteiger partial charge in [0.1, 0.15) is 0 Å². The Hall–Kier alpha value is -1.61. The predicted octanol–water partition coefficient (Wildman–Crippen LogP) is 2.80. The van der Waals surface area contributed by atoms with Crippen LogP contribution in [0.2, 0.25) is 0 Å². The van der Waals surface area contributed by atoms with Gasteiger partial charge in [0, 0.05) is 11.1 Å². The highest BCUT2D eigenvalue weighted by Gasteiger charge is 2.13. The van der Waals surface area contributed by atoms with E-state index in [1.165, 1.54) is 5.56 Å². The zero-order valence-electron chi connectivity index (χ0n) is 10.4. The Morgan fingerprint density at radius 2 is 2.00 bits per heavy atom. The molecule has 0 saturated heterocycles. The highest BCUT2D eigenvalue weighted by Crippen LogP contribution is 2.25. The van der Waals surface area contributed by atoms with E-state index >= 15 is 0 Å². The molecule has 3 nitrogen and oxygen atoms in total. The van der Waals surface area contributed by atoms with Crippen LogP contribution in [0.15, 0.2) is 34.9 Å². The first-order valence-corrected chi connectivity index (χ1v) is 6.04. The minimum atomic E-state index is 0.904. The van der Waals surface area contributed by atoms with Crippen molar-refractivity contribution in [1.29, 1.82) is 0 Å². The van der Waals surface area contributed by atoms with E-state index in [1.807, 2.05) is 25.1 Å². The van der Waals surface area contributed by atoms with Crippen LogP contribution in [0.25, 0.3) is 11.3 Å². The van der Waals surface area contributed by atoms with Gasteiger partial charge in [-0.3, -0.25) is 0 Å². The Labute approximate surface area is 102 Å². The van der Waals surface area contributed by atoms with Crippen molar-refractivity contribution in [3.63, 3.8) is 0 Å². The molecule has 0 radical (unpaired) electrons. The van der Waals surface area contributed by atoms with Crippen molar-refractivity contribution < 1.29 is 4.52 Å². The molecule has 17 heavy (non-hydrogen) atoms. The molecule has 90 valence electrons. The van der Waals surface area contributed by atoms with Crippen molar-refractivity contribution in [3.8, 4) is 11.3 Å². The fourth-order valence-electron chi connectivity index (χ4n) is 1.89. The number of hydrogen-bond acceptors (Lipinski definition) is 3. The predicted molar refractivity (Wildman–Crippen MR) is 68.9 cm³/mol. The van der Waals surface area contributed by atoms with Gasteiger partial charge in [-0.25, -0.2) is 0 Å². The van der Waals surface area contributed by atoms with Crippen LogP contribution < -0.4 is 5.32 Å². The first kappa shape index (κ1) is 11.9. The maximum absolute atomic E-state index is 5.43. The average molecular weight is 230 g/mol. The third-order valence-corrected chi connectivity index (χ3v) is 2.82. The second-order valence-electron chi connectivity index (χ2n) is 4.05. The number of aromatic nitrogens is 1. The quantitative estimate of drug-likeness (QED) is 0.803. The van der Waals surface area contributed by atoms with Gasteiger partial charge >= 0.3 is 0 Å². The van der Waals surface area contributed by atoms with Crippen LogP contribution in [0.4, 0.5) is 0 Å². The second kappa shape index (κ2) is 5.64. The Morgan fingerprint density at radius 3 is 2.71 bits per heavy atom. The van der Waals surface area contributed by atoms with Crippen LogP contribution in [0.1, 0.15) is 18.2 Å². The standard InChI is InChI=1S/C14H18N2O/c1-3-15-10-9-13-11(2)16-17-14(13)12-7-5-4-6-8-12/h4-8,15H,3,9-10H2,1-2H3. The zero-order valence-corrected chi connectivity index (χ0v) is 10.4. The highest BCUT2D eigenvalue weighted by atomic mass is 16.5. The third-order valence-electron chi connectivity index (χ3n) is 2.82. The second-order valence-corrected chi connectivity index (χ2v) is 4.05. The smallest absolute Gasteiger partial charge is 0.170 e.